The number of thioether (sulfide) groups is 1. The van der Waals surface area contributed by atoms with Crippen molar-refractivity contribution in [3.05, 3.63) is 35.6 Å². The first kappa shape index (κ1) is 16.8. The van der Waals surface area contributed by atoms with Gasteiger partial charge in [0.15, 0.2) is 0 Å². The van der Waals surface area contributed by atoms with Crippen LogP contribution in [0.3, 0.4) is 0 Å². The van der Waals surface area contributed by atoms with Gasteiger partial charge in [-0.3, -0.25) is 9.59 Å². The van der Waals surface area contributed by atoms with Crippen LogP contribution in [0.25, 0.3) is 0 Å². The maximum Gasteiger partial charge on any atom is 0.245 e. The number of nitrogens with one attached hydrogen (secondary N) is 1. The molecule has 1 aromatic carbocycles. The minimum absolute atomic E-state index is 0.0291. The Morgan fingerprint density at radius 2 is 2.00 bits per heavy atom. The molecule has 0 aromatic heterocycles. The summed E-state index contributed by atoms with van der Waals surface area (Å²) < 4.78 is 13.0. The van der Waals surface area contributed by atoms with Gasteiger partial charge in [0, 0.05) is 18.1 Å². The molecular formula is C15H19FN2O3S. The summed E-state index contributed by atoms with van der Waals surface area (Å²) in [5.74, 6) is 0.248. The second-order valence-corrected chi connectivity index (χ2v) is 6.29. The van der Waals surface area contributed by atoms with Gasteiger partial charge in [0.05, 0.1) is 6.61 Å². The first-order valence-electron chi connectivity index (χ1n) is 7.07. The Labute approximate surface area is 132 Å². The second kappa shape index (κ2) is 7.60. The van der Waals surface area contributed by atoms with Crippen LogP contribution >= 0.6 is 11.8 Å². The number of piperazine rings is 1. The van der Waals surface area contributed by atoms with Gasteiger partial charge in [-0.05, 0) is 24.6 Å². The van der Waals surface area contributed by atoms with Gasteiger partial charge in [-0.15, -0.1) is 0 Å². The smallest absolute Gasteiger partial charge is 0.245 e. The van der Waals surface area contributed by atoms with E-state index in [-0.39, 0.29) is 30.8 Å². The Kier molecular flexibility index (Phi) is 5.79. The van der Waals surface area contributed by atoms with Crippen molar-refractivity contribution in [2.75, 3.05) is 18.1 Å². The highest BCUT2D eigenvalue weighted by molar-refractivity contribution is 7.99. The fourth-order valence-corrected chi connectivity index (χ4v) is 3.17. The standard InChI is InChI=1S/C15H19FN2O3S/c1-10-15(21)18(8-11-2-4-12(16)5-3-11)13(14(20)17-10)9-22-7-6-19/h2-5,10,13,19H,6-9H2,1H3,(H,17,20)/t10-,13-/m0/s1. The normalized spacial score (nSPS) is 21.9. The third-order valence-electron chi connectivity index (χ3n) is 3.47. The molecule has 1 aliphatic heterocycles. The average molecular weight is 326 g/mol. The summed E-state index contributed by atoms with van der Waals surface area (Å²) in [5.41, 5.74) is 0.772. The van der Waals surface area contributed by atoms with Gasteiger partial charge in [0.2, 0.25) is 11.8 Å². The topological polar surface area (TPSA) is 69.6 Å². The molecule has 0 aliphatic carbocycles. The first-order valence-corrected chi connectivity index (χ1v) is 8.22. The predicted octanol–water partition coefficient (Wildman–Crippen LogP) is 0.767. The molecule has 0 bridgehead atoms. The maximum absolute atomic E-state index is 13.0. The van der Waals surface area contributed by atoms with Gasteiger partial charge in [-0.2, -0.15) is 11.8 Å². The van der Waals surface area contributed by atoms with Crippen LogP contribution in [0.15, 0.2) is 24.3 Å². The van der Waals surface area contributed by atoms with Crippen molar-refractivity contribution >= 4 is 23.6 Å². The Balaban J connectivity index is 2.14. The molecule has 1 aliphatic rings. The Morgan fingerprint density at radius 3 is 2.64 bits per heavy atom. The average Bonchev–Trinajstić information content (AvgIpc) is 2.49. The molecular weight excluding hydrogens is 307 g/mol. The molecule has 1 fully saturated rings. The van der Waals surface area contributed by atoms with E-state index in [0.717, 1.165) is 5.56 Å². The number of aliphatic hydroxyl groups excluding tert-OH is 1. The number of benzene rings is 1. The Bertz CT molecular complexity index is 538. The zero-order valence-electron chi connectivity index (χ0n) is 12.3. The van der Waals surface area contributed by atoms with Gasteiger partial charge in [-0.25, -0.2) is 4.39 Å². The second-order valence-electron chi connectivity index (χ2n) is 5.14. The lowest BCUT2D eigenvalue weighted by atomic mass is 10.1. The third-order valence-corrected chi connectivity index (χ3v) is 4.49. The zero-order valence-corrected chi connectivity index (χ0v) is 13.1. The largest absolute Gasteiger partial charge is 0.396 e. The van der Waals surface area contributed by atoms with E-state index in [1.165, 1.54) is 28.8 Å². The highest BCUT2D eigenvalue weighted by Gasteiger charge is 2.38. The van der Waals surface area contributed by atoms with Gasteiger partial charge in [-0.1, -0.05) is 12.1 Å². The molecule has 0 radical (unpaired) electrons. The quantitative estimate of drug-likeness (QED) is 0.758. The lowest BCUT2D eigenvalue weighted by Gasteiger charge is -2.37. The number of hydrogen-bond acceptors (Lipinski definition) is 4. The minimum Gasteiger partial charge on any atom is -0.396 e. The monoisotopic (exact) mass is 326 g/mol. The predicted molar refractivity (Wildman–Crippen MR) is 82.8 cm³/mol. The molecule has 0 spiro atoms. The maximum atomic E-state index is 13.0. The Hall–Kier alpha value is -1.60. The van der Waals surface area contributed by atoms with E-state index < -0.39 is 12.1 Å². The van der Waals surface area contributed by atoms with Crippen molar-refractivity contribution in [2.45, 2.75) is 25.6 Å². The summed E-state index contributed by atoms with van der Waals surface area (Å²) in [5, 5.41) is 11.5. The molecule has 7 heteroatoms. The molecule has 0 unspecified atom stereocenters. The van der Waals surface area contributed by atoms with Crippen molar-refractivity contribution in [1.29, 1.82) is 0 Å². The van der Waals surface area contributed by atoms with Crippen LogP contribution in [0.4, 0.5) is 4.39 Å². The fraction of sp³-hybridized carbons (Fsp3) is 0.467. The van der Waals surface area contributed by atoms with Crippen molar-refractivity contribution in [1.82, 2.24) is 10.2 Å². The number of carbonyl (C=O) groups excluding carboxylic acids is 2. The van der Waals surface area contributed by atoms with Crippen molar-refractivity contribution in [2.24, 2.45) is 0 Å². The molecule has 1 aromatic rings. The minimum atomic E-state index is -0.578. The van der Waals surface area contributed by atoms with E-state index in [2.05, 4.69) is 5.32 Å². The Morgan fingerprint density at radius 1 is 1.32 bits per heavy atom. The van der Waals surface area contributed by atoms with E-state index in [0.29, 0.717) is 11.5 Å². The third kappa shape index (κ3) is 3.98. The number of halogens is 1. The lowest BCUT2D eigenvalue weighted by molar-refractivity contribution is -0.148. The number of nitrogens with zero attached hydrogens (tertiary/aromatic N) is 1. The number of aliphatic hydroxyl groups is 1. The molecule has 2 rings (SSSR count). The van der Waals surface area contributed by atoms with Crippen LogP contribution in [-0.2, 0) is 16.1 Å². The number of carbonyl (C=O) groups is 2. The fourth-order valence-electron chi connectivity index (χ4n) is 2.31. The van der Waals surface area contributed by atoms with E-state index in [1.807, 2.05) is 0 Å². The van der Waals surface area contributed by atoms with Gasteiger partial charge in [0.25, 0.3) is 0 Å². The van der Waals surface area contributed by atoms with E-state index in [1.54, 1.807) is 19.1 Å². The van der Waals surface area contributed by atoms with Crippen molar-refractivity contribution < 1.29 is 19.1 Å². The lowest BCUT2D eigenvalue weighted by Crippen LogP contribution is -2.62. The van der Waals surface area contributed by atoms with Gasteiger partial charge in [0.1, 0.15) is 17.9 Å². The molecule has 5 nitrogen and oxygen atoms in total. The number of rotatable bonds is 6. The highest BCUT2D eigenvalue weighted by atomic mass is 32.2. The van der Waals surface area contributed by atoms with E-state index >= 15 is 0 Å². The summed E-state index contributed by atoms with van der Waals surface area (Å²) in [6.07, 6.45) is 0. The molecule has 2 N–H and O–H groups in total. The van der Waals surface area contributed by atoms with Crippen molar-refractivity contribution in [3.63, 3.8) is 0 Å². The molecule has 120 valence electrons. The molecule has 0 saturated carbocycles. The number of amides is 2. The van der Waals surface area contributed by atoms with Crippen LogP contribution in [-0.4, -0.2) is 52.0 Å². The molecule has 1 saturated heterocycles. The van der Waals surface area contributed by atoms with Crippen LogP contribution in [0.2, 0.25) is 0 Å². The van der Waals surface area contributed by atoms with Crippen LogP contribution in [0, 0.1) is 5.82 Å². The summed E-state index contributed by atoms with van der Waals surface area (Å²) in [6, 6.07) is 4.75. The summed E-state index contributed by atoms with van der Waals surface area (Å²) in [6.45, 7) is 1.94. The zero-order chi connectivity index (χ0) is 16.1. The molecule has 1 heterocycles. The van der Waals surface area contributed by atoms with Crippen LogP contribution < -0.4 is 5.32 Å². The van der Waals surface area contributed by atoms with Gasteiger partial charge >= 0.3 is 0 Å². The SMILES string of the molecule is C[C@@H]1NC(=O)[C@H](CSCCO)N(Cc2ccc(F)cc2)C1=O. The molecule has 2 atom stereocenters. The van der Waals surface area contributed by atoms with E-state index in [9.17, 15) is 14.0 Å². The summed E-state index contributed by atoms with van der Waals surface area (Å²) in [4.78, 5) is 26.1. The van der Waals surface area contributed by atoms with Crippen LogP contribution in [0.5, 0.6) is 0 Å². The molecule has 2 amide bonds. The summed E-state index contributed by atoms with van der Waals surface area (Å²) >= 11 is 1.42. The van der Waals surface area contributed by atoms with E-state index in [4.69, 9.17) is 5.11 Å². The molecule has 22 heavy (non-hydrogen) atoms. The van der Waals surface area contributed by atoms with Crippen molar-refractivity contribution in [3.8, 4) is 0 Å². The highest BCUT2D eigenvalue weighted by Crippen LogP contribution is 2.18. The van der Waals surface area contributed by atoms with Gasteiger partial charge < -0.3 is 15.3 Å². The number of hydrogen-bond donors (Lipinski definition) is 2. The van der Waals surface area contributed by atoms with Crippen LogP contribution in [0.1, 0.15) is 12.5 Å². The first-order chi connectivity index (χ1) is 10.5. The summed E-state index contributed by atoms with van der Waals surface area (Å²) in [7, 11) is 0.